The van der Waals surface area contributed by atoms with Crippen LogP contribution in [0.25, 0.3) is 10.7 Å². The summed E-state index contributed by atoms with van der Waals surface area (Å²) in [5.74, 6) is -0.271. The molecule has 194 valence electrons. The molecule has 5 unspecified atom stereocenters. The molecule has 0 aliphatic carbocycles. The summed E-state index contributed by atoms with van der Waals surface area (Å²) < 4.78 is 14.3. The molecule has 1 aliphatic rings. The van der Waals surface area contributed by atoms with Crippen molar-refractivity contribution >= 4 is 56.5 Å². The number of halogens is 2. The summed E-state index contributed by atoms with van der Waals surface area (Å²) in [5, 5.41) is 32.2. The van der Waals surface area contributed by atoms with E-state index in [-0.39, 0.29) is 11.6 Å². The molecule has 0 aromatic carbocycles. The average molecular weight is 620 g/mol. The number of nitrogens with zero attached hydrogens (tertiary/aromatic N) is 6. The lowest BCUT2D eigenvalue weighted by Gasteiger charge is -2.43. The number of hydrogen-bond acceptors (Lipinski definition) is 11. The molecule has 15 heteroatoms. The van der Waals surface area contributed by atoms with E-state index in [1.54, 1.807) is 37.9 Å². The van der Waals surface area contributed by atoms with E-state index in [1.807, 2.05) is 6.92 Å². The maximum Gasteiger partial charge on any atom is 0.273 e. The standard InChI is InChI=1S/C21H24BrClN6O5S2/c1-4-33-18-16(29-7-11(26-27-29)19-25-14(23)9-35-19)17(31)12(8-30)34-21(18)36-13-5-10(22)6-24-15(13)20(32)28(2)3/h5-7,9,12,16-18,21,30-31H,4,8H2,1-3H3. The minimum atomic E-state index is -1.15. The van der Waals surface area contributed by atoms with Crippen LogP contribution in [0.4, 0.5) is 0 Å². The molecule has 0 spiro atoms. The van der Waals surface area contributed by atoms with Gasteiger partial charge in [-0.1, -0.05) is 28.6 Å². The van der Waals surface area contributed by atoms with Gasteiger partial charge in [-0.2, -0.15) is 0 Å². The van der Waals surface area contributed by atoms with Gasteiger partial charge < -0.3 is 24.6 Å². The summed E-state index contributed by atoms with van der Waals surface area (Å²) in [5.41, 5.74) is 0.0156. The molecule has 3 aromatic rings. The lowest BCUT2D eigenvalue weighted by Crippen LogP contribution is -2.56. The Balaban J connectivity index is 1.71. The first-order valence-corrected chi connectivity index (χ1v) is 13.8. The number of rotatable bonds is 8. The fourth-order valence-electron chi connectivity index (χ4n) is 3.73. The Labute approximate surface area is 228 Å². The zero-order valence-corrected chi connectivity index (χ0v) is 23.5. The highest BCUT2D eigenvalue weighted by molar-refractivity contribution is 9.10. The van der Waals surface area contributed by atoms with Crippen molar-refractivity contribution < 1.29 is 24.5 Å². The number of amides is 1. The highest BCUT2D eigenvalue weighted by atomic mass is 79.9. The summed E-state index contributed by atoms with van der Waals surface area (Å²) in [7, 11) is 3.29. The lowest BCUT2D eigenvalue weighted by molar-refractivity contribution is -0.191. The molecule has 0 radical (unpaired) electrons. The molecule has 1 aliphatic heterocycles. The third kappa shape index (κ3) is 5.75. The summed E-state index contributed by atoms with van der Waals surface area (Å²) in [6.45, 7) is 1.72. The summed E-state index contributed by atoms with van der Waals surface area (Å²) >= 11 is 11.9. The smallest absolute Gasteiger partial charge is 0.273 e. The number of aromatic nitrogens is 5. The molecule has 0 saturated carbocycles. The second-order valence-electron chi connectivity index (χ2n) is 8.00. The van der Waals surface area contributed by atoms with Crippen LogP contribution >= 0.6 is 50.6 Å². The topological polar surface area (TPSA) is 136 Å². The number of pyridine rings is 1. The Hall–Kier alpha value is -1.65. The van der Waals surface area contributed by atoms with Crippen LogP contribution in [-0.4, -0.2) is 97.0 Å². The average Bonchev–Trinajstić information content (AvgIpc) is 3.50. The van der Waals surface area contributed by atoms with E-state index in [0.29, 0.717) is 31.8 Å². The highest BCUT2D eigenvalue weighted by Gasteiger charge is 2.48. The third-order valence-electron chi connectivity index (χ3n) is 5.37. The van der Waals surface area contributed by atoms with Gasteiger partial charge in [0.05, 0.1) is 12.8 Å². The van der Waals surface area contributed by atoms with Crippen LogP contribution in [-0.2, 0) is 9.47 Å². The maximum absolute atomic E-state index is 12.8. The van der Waals surface area contributed by atoms with E-state index in [1.165, 1.54) is 32.7 Å². The molecule has 5 atom stereocenters. The number of hydrogen-bond donors (Lipinski definition) is 2. The number of aliphatic hydroxyl groups excluding tert-OH is 2. The van der Waals surface area contributed by atoms with E-state index in [4.69, 9.17) is 21.1 Å². The lowest BCUT2D eigenvalue weighted by atomic mass is 9.97. The van der Waals surface area contributed by atoms with Crippen LogP contribution < -0.4 is 0 Å². The molecule has 2 N–H and O–H groups in total. The molecule has 1 saturated heterocycles. The predicted octanol–water partition coefficient (Wildman–Crippen LogP) is 2.73. The minimum Gasteiger partial charge on any atom is -0.394 e. The van der Waals surface area contributed by atoms with Crippen molar-refractivity contribution in [1.82, 2.24) is 29.9 Å². The Morgan fingerprint density at radius 3 is 2.86 bits per heavy atom. The molecule has 4 heterocycles. The van der Waals surface area contributed by atoms with Gasteiger partial charge >= 0.3 is 0 Å². The highest BCUT2D eigenvalue weighted by Crippen LogP contribution is 2.41. The number of aliphatic hydroxyl groups is 2. The van der Waals surface area contributed by atoms with Gasteiger partial charge in [0.2, 0.25) is 0 Å². The van der Waals surface area contributed by atoms with Gasteiger partial charge in [0.1, 0.15) is 51.3 Å². The van der Waals surface area contributed by atoms with Gasteiger partial charge in [-0.25, -0.2) is 14.6 Å². The molecule has 3 aromatic heterocycles. The van der Waals surface area contributed by atoms with Gasteiger partial charge in [0.15, 0.2) is 0 Å². The van der Waals surface area contributed by atoms with Crippen molar-refractivity contribution in [2.75, 3.05) is 27.3 Å². The monoisotopic (exact) mass is 618 g/mol. The van der Waals surface area contributed by atoms with Crippen molar-refractivity contribution in [1.29, 1.82) is 0 Å². The molecular weight excluding hydrogens is 596 g/mol. The zero-order chi connectivity index (χ0) is 26.0. The van der Waals surface area contributed by atoms with Crippen LogP contribution in [0.1, 0.15) is 23.5 Å². The Bertz CT molecular complexity index is 1210. The van der Waals surface area contributed by atoms with Crippen LogP contribution in [0.5, 0.6) is 0 Å². The summed E-state index contributed by atoms with van der Waals surface area (Å²) in [4.78, 5) is 23.3. The van der Waals surface area contributed by atoms with E-state index in [9.17, 15) is 15.0 Å². The first-order valence-electron chi connectivity index (χ1n) is 10.9. The first-order chi connectivity index (χ1) is 17.2. The summed E-state index contributed by atoms with van der Waals surface area (Å²) in [6, 6.07) is 1.02. The number of thioether (sulfide) groups is 1. The van der Waals surface area contributed by atoms with Crippen molar-refractivity contribution in [3.63, 3.8) is 0 Å². The fraction of sp³-hybridized carbons (Fsp3) is 0.476. The SMILES string of the molecule is CCOC1C(Sc2cc(Br)cnc2C(=O)N(C)C)OC(CO)C(O)C1n1cc(-c2nc(Cl)cs2)nn1. The second kappa shape index (κ2) is 11.8. The number of carbonyl (C=O) groups excluding carboxylic acids is 1. The maximum atomic E-state index is 12.8. The minimum absolute atomic E-state index is 0.249. The van der Waals surface area contributed by atoms with Gasteiger partial charge in [0.25, 0.3) is 5.91 Å². The van der Waals surface area contributed by atoms with Crippen molar-refractivity contribution in [3.05, 3.63) is 39.2 Å². The molecule has 1 amide bonds. The molecule has 11 nitrogen and oxygen atoms in total. The zero-order valence-electron chi connectivity index (χ0n) is 19.5. The van der Waals surface area contributed by atoms with Crippen LogP contribution in [0, 0.1) is 0 Å². The summed E-state index contributed by atoms with van der Waals surface area (Å²) in [6.07, 6.45) is 0.403. The van der Waals surface area contributed by atoms with Gasteiger partial charge in [-0.3, -0.25) is 4.79 Å². The third-order valence-corrected chi connectivity index (χ3v) is 8.16. The fourth-order valence-corrected chi connectivity index (χ4v) is 6.38. The molecule has 36 heavy (non-hydrogen) atoms. The molecule has 4 rings (SSSR count). The molecular formula is C21H24BrClN6O5S2. The van der Waals surface area contributed by atoms with Gasteiger partial charge in [-0.05, 0) is 28.9 Å². The van der Waals surface area contributed by atoms with Crippen molar-refractivity contribution in [2.45, 2.75) is 41.6 Å². The second-order valence-corrected chi connectivity index (χ2v) is 11.3. The van der Waals surface area contributed by atoms with E-state index in [2.05, 4.69) is 36.2 Å². The van der Waals surface area contributed by atoms with E-state index >= 15 is 0 Å². The van der Waals surface area contributed by atoms with Gasteiger partial charge in [-0.15, -0.1) is 16.4 Å². The van der Waals surface area contributed by atoms with Crippen LogP contribution in [0.3, 0.4) is 0 Å². The van der Waals surface area contributed by atoms with E-state index < -0.39 is 36.4 Å². The van der Waals surface area contributed by atoms with Gasteiger partial charge in [0, 0.05) is 41.6 Å². The predicted molar refractivity (Wildman–Crippen MR) is 138 cm³/mol. The Morgan fingerprint density at radius 1 is 1.44 bits per heavy atom. The number of thiazole rings is 1. The Kier molecular flexibility index (Phi) is 8.99. The quantitative estimate of drug-likeness (QED) is 0.387. The molecule has 0 bridgehead atoms. The van der Waals surface area contributed by atoms with Crippen LogP contribution in [0.15, 0.2) is 33.2 Å². The largest absolute Gasteiger partial charge is 0.394 e. The normalized spacial score (nSPS) is 24.1. The number of ether oxygens (including phenoxy) is 2. The number of carbonyl (C=O) groups is 1. The van der Waals surface area contributed by atoms with Crippen LogP contribution in [0.2, 0.25) is 5.15 Å². The van der Waals surface area contributed by atoms with Crippen molar-refractivity contribution in [2.24, 2.45) is 0 Å². The van der Waals surface area contributed by atoms with Crippen molar-refractivity contribution in [3.8, 4) is 10.7 Å². The first kappa shape index (κ1) is 27.4. The van der Waals surface area contributed by atoms with E-state index in [0.717, 1.165) is 0 Å². The molecule has 1 fully saturated rings. The Morgan fingerprint density at radius 2 is 2.22 bits per heavy atom.